The fraction of sp³-hybridized carbons (Fsp3) is 0.722. The Labute approximate surface area is 148 Å². The summed E-state index contributed by atoms with van der Waals surface area (Å²) in [6, 6.07) is 2.48. The van der Waals surface area contributed by atoms with Gasteiger partial charge in [0.25, 0.3) is 0 Å². The first-order valence-corrected chi connectivity index (χ1v) is 9.38. The summed E-state index contributed by atoms with van der Waals surface area (Å²) < 4.78 is 0. The molecule has 136 valence electrons. The molecule has 2 N–H and O–H groups in total. The van der Waals surface area contributed by atoms with E-state index in [2.05, 4.69) is 25.3 Å². The number of rotatable bonds is 4. The largest absolute Gasteiger partial charge is 0.354 e. The molecule has 0 unspecified atom stereocenters. The first-order chi connectivity index (χ1) is 12.1. The predicted octanol–water partition coefficient (Wildman–Crippen LogP) is 0.747. The fourth-order valence-electron chi connectivity index (χ4n) is 5.13. The van der Waals surface area contributed by atoms with E-state index in [0.717, 1.165) is 44.6 Å². The molecule has 0 saturated carbocycles. The summed E-state index contributed by atoms with van der Waals surface area (Å²) in [5, 5.41) is 10.1. The Morgan fingerprint density at radius 2 is 2.24 bits per heavy atom. The Morgan fingerprint density at radius 1 is 1.40 bits per heavy atom. The van der Waals surface area contributed by atoms with Gasteiger partial charge in [0.1, 0.15) is 0 Å². The fourth-order valence-corrected chi connectivity index (χ4v) is 5.13. The Bertz CT molecular complexity index is 631. The lowest BCUT2D eigenvalue weighted by molar-refractivity contribution is -0.153. The molecule has 0 spiro atoms. The third-order valence-electron chi connectivity index (χ3n) is 6.08. The van der Waals surface area contributed by atoms with Gasteiger partial charge in [-0.2, -0.15) is 5.10 Å². The average Bonchev–Trinajstić information content (AvgIpc) is 3.08. The molecule has 0 aromatic carbocycles. The zero-order chi connectivity index (χ0) is 17.4. The molecule has 0 aliphatic carbocycles. The summed E-state index contributed by atoms with van der Waals surface area (Å²) in [4.78, 5) is 28.7. The van der Waals surface area contributed by atoms with Crippen molar-refractivity contribution >= 4 is 11.8 Å². The van der Waals surface area contributed by atoms with Crippen LogP contribution in [0.2, 0.25) is 0 Å². The van der Waals surface area contributed by atoms with Crippen molar-refractivity contribution in [3.05, 3.63) is 18.0 Å². The maximum atomic E-state index is 12.6. The van der Waals surface area contributed by atoms with Crippen LogP contribution in [0, 0.1) is 11.8 Å². The number of aromatic amines is 1. The van der Waals surface area contributed by atoms with Crippen LogP contribution < -0.4 is 5.32 Å². The molecule has 7 heteroatoms. The Balaban J connectivity index is 1.54. The number of H-pyrrole nitrogens is 1. The zero-order valence-electron chi connectivity index (χ0n) is 14.8. The summed E-state index contributed by atoms with van der Waals surface area (Å²) in [6.07, 6.45) is 5.70. The summed E-state index contributed by atoms with van der Waals surface area (Å²) in [5.41, 5.74) is 1.13. The molecule has 2 bridgehead atoms. The number of carbonyl (C=O) groups excluding carboxylic acids is 2. The van der Waals surface area contributed by atoms with Crippen molar-refractivity contribution in [1.82, 2.24) is 25.3 Å². The normalized spacial score (nSPS) is 32.4. The van der Waals surface area contributed by atoms with Gasteiger partial charge in [-0.1, -0.05) is 0 Å². The molecule has 3 aliphatic heterocycles. The molecule has 3 aliphatic rings. The summed E-state index contributed by atoms with van der Waals surface area (Å²) in [5.74, 6) is 1.22. The summed E-state index contributed by atoms with van der Waals surface area (Å²) >= 11 is 0. The third-order valence-corrected chi connectivity index (χ3v) is 6.08. The van der Waals surface area contributed by atoms with Crippen LogP contribution in [0.3, 0.4) is 0 Å². The van der Waals surface area contributed by atoms with Crippen LogP contribution in [0.5, 0.6) is 0 Å². The van der Waals surface area contributed by atoms with Gasteiger partial charge in [0.15, 0.2) is 0 Å². The molecule has 4 atom stereocenters. The Kier molecular flexibility index (Phi) is 4.50. The average molecular weight is 345 g/mol. The smallest absolute Gasteiger partial charge is 0.223 e. The molecule has 1 aromatic rings. The van der Waals surface area contributed by atoms with E-state index in [1.54, 1.807) is 13.1 Å². The maximum Gasteiger partial charge on any atom is 0.223 e. The number of hydrogen-bond donors (Lipinski definition) is 2. The quantitative estimate of drug-likeness (QED) is 0.844. The van der Waals surface area contributed by atoms with Crippen molar-refractivity contribution < 1.29 is 9.59 Å². The second kappa shape index (κ2) is 6.78. The van der Waals surface area contributed by atoms with Crippen LogP contribution in [-0.4, -0.2) is 63.5 Å². The summed E-state index contributed by atoms with van der Waals surface area (Å²) in [7, 11) is 0. The molecule has 0 radical (unpaired) electrons. The molecule has 4 heterocycles. The number of aromatic nitrogens is 2. The second-order valence-electron chi connectivity index (χ2n) is 7.80. The van der Waals surface area contributed by atoms with E-state index in [-0.39, 0.29) is 17.9 Å². The predicted molar refractivity (Wildman–Crippen MR) is 92.4 cm³/mol. The monoisotopic (exact) mass is 345 g/mol. The molecule has 7 nitrogen and oxygen atoms in total. The van der Waals surface area contributed by atoms with Gasteiger partial charge in [0.2, 0.25) is 11.8 Å². The van der Waals surface area contributed by atoms with Gasteiger partial charge >= 0.3 is 0 Å². The van der Waals surface area contributed by atoms with Crippen LogP contribution in [0.4, 0.5) is 0 Å². The number of piperidine rings is 3. The van der Waals surface area contributed by atoms with Crippen LogP contribution in [0.1, 0.15) is 38.3 Å². The van der Waals surface area contributed by atoms with Gasteiger partial charge in [-0.3, -0.25) is 19.6 Å². The molecule has 2 amide bonds. The van der Waals surface area contributed by atoms with Gasteiger partial charge in [-0.25, -0.2) is 0 Å². The van der Waals surface area contributed by atoms with Gasteiger partial charge < -0.3 is 10.2 Å². The van der Waals surface area contributed by atoms with E-state index in [4.69, 9.17) is 0 Å². The lowest BCUT2D eigenvalue weighted by atomic mass is 9.72. The van der Waals surface area contributed by atoms with E-state index < -0.39 is 0 Å². The number of carbonyl (C=O) groups is 2. The van der Waals surface area contributed by atoms with Crippen LogP contribution in [0.25, 0.3) is 0 Å². The molecular formula is C18H27N5O2. The highest BCUT2D eigenvalue weighted by Gasteiger charge is 2.49. The number of nitrogens with one attached hydrogen (secondary N) is 2. The first kappa shape index (κ1) is 16.6. The van der Waals surface area contributed by atoms with Gasteiger partial charge in [0.05, 0.1) is 6.04 Å². The van der Waals surface area contributed by atoms with Crippen molar-refractivity contribution in [3.63, 3.8) is 0 Å². The lowest BCUT2D eigenvalue weighted by Crippen LogP contribution is -2.66. The van der Waals surface area contributed by atoms with Crippen LogP contribution in [0.15, 0.2) is 12.3 Å². The standard InChI is InChI=1S/C18H27N5O2/c1-12(24)19-8-17-14-7-13(16-3-2-4-18(25)23(16)17)9-22(10-14)11-15-5-6-20-21-15/h5-6,13-14,16-17H,2-4,7-11H2,1H3,(H,19,24)(H,20,21)/t13-,14+,16+,17+/m1/s1. The Morgan fingerprint density at radius 3 is 3.00 bits per heavy atom. The molecule has 3 fully saturated rings. The van der Waals surface area contributed by atoms with Crippen molar-refractivity contribution in [2.75, 3.05) is 19.6 Å². The number of hydrogen-bond acceptors (Lipinski definition) is 4. The molecule has 3 saturated heterocycles. The number of fused-ring (bicyclic) bond motifs is 4. The highest BCUT2D eigenvalue weighted by Crippen LogP contribution is 2.41. The number of amides is 2. The van der Waals surface area contributed by atoms with E-state index in [0.29, 0.717) is 30.8 Å². The third kappa shape index (κ3) is 3.29. The van der Waals surface area contributed by atoms with Crippen molar-refractivity contribution in [2.45, 2.75) is 51.2 Å². The second-order valence-corrected chi connectivity index (χ2v) is 7.80. The van der Waals surface area contributed by atoms with Gasteiger partial charge in [0, 0.05) is 57.5 Å². The number of nitrogens with zero attached hydrogens (tertiary/aromatic N) is 3. The molecule has 4 rings (SSSR count). The summed E-state index contributed by atoms with van der Waals surface area (Å²) in [6.45, 7) is 5.01. The van der Waals surface area contributed by atoms with Crippen LogP contribution in [-0.2, 0) is 16.1 Å². The zero-order valence-corrected chi connectivity index (χ0v) is 14.8. The van der Waals surface area contributed by atoms with Crippen molar-refractivity contribution in [2.24, 2.45) is 11.8 Å². The first-order valence-electron chi connectivity index (χ1n) is 9.38. The van der Waals surface area contributed by atoms with Gasteiger partial charge in [-0.05, 0) is 37.2 Å². The highest BCUT2D eigenvalue weighted by atomic mass is 16.2. The van der Waals surface area contributed by atoms with E-state index in [1.165, 1.54) is 0 Å². The molecule has 25 heavy (non-hydrogen) atoms. The van der Waals surface area contributed by atoms with Gasteiger partial charge in [-0.15, -0.1) is 0 Å². The molecular weight excluding hydrogens is 318 g/mol. The lowest BCUT2D eigenvalue weighted by Gasteiger charge is -2.56. The van der Waals surface area contributed by atoms with E-state index >= 15 is 0 Å². The minimum atomic E-state index is -0.0201. The van der Waals surface area contributed by atoms with E-state index in [1.807, 2.05) is 6.07 Å². The number of likely N-dealkylation sites (tertiary alicyclic amines) is 1. The minimum Gasteiger partial charge on any atom is -0.354 e. The molecule has 1 aromatic heterocycles. The Hall–Kier alpha value is -1.89. The highest BCUT2D eigenvalue weighted by molar-refractivity contribution is 5.78. The van der Waals surface area contributed by atoms with E-state index in [9.17, 15) is 9.59 Å². The maximum absolute atomic E-state index is 12.6. The van der Waals surface area contributed by atoms with Crippen molar-refractivity contribution in [1.29, 1.82) is 0 Å². The SMILES string of the molecule is CC(=O)NC[C@H]1[C@H]2C[C@H](CN(Cc3ccn[nH]3)C2)[C@@H]2CCCC(=O)N21. The topological polar surface area (TPSA) is 81.3 Å². The minimum absolute atomic E-state index is 0.0201. The van der Waals surface area contributed by atoms with Crippen molar-refractivity contribution in [3.8, 4) is 0 Å². The van der Waals surface area contributed by atoms with Crippen LogP contribution >= 0.6 is 0 Å².